The minimum Gasteiger partial charge on any atom is -0.303 e. The van der Waals surface area contributed by atoms with Gasteiger partial charge in [0.15, 0.2) is 0 Å². The molecule has 1 atom stereocenters. The molecule has 64 valence electrons. The fraction of sp³-hybridized carbons (Fsp3) is 0.222. The topological polar surface area (TPSA) is 17.1 Å². The lowest BCUT2D eigenvalue weighted by Gasteiger charge is -2.05. The van der Waals surface area contributed by atoms with Crippen molar-refractivity contribution < 1.29 is 4.79 Å². The van der Waals surface area contributed by atoms with Gasteiger partial charge in [0.25, 0.3) is 0 Å². The number of benzene rings is 1. The number of thiol groups is 1. The molecule has 0 heterocycles. The summed E-state index contributed by atoms with van der Waals surface area (Å²) in [7, 11) is 0. The average molecular weight is 201 g/mol. The standard InChI is InChI=1S/C9H9ClOS/c1-6(5-11)7-2-8(10)4-9(12)3-7/h2-6,12H,1H3. The first-order chi connectivity index (χ1) is 5.63. The van der Waals surface area contributed by atoms with Gasteiger partial charge >= 0.3 is 0 Å². The lowest BCUT2D eigenvalue weighted by Crippen LogP contribution is -1.93. The van der Waals surface area contributed by atoms with Gasteiger partial charge in [-0.15, -0.1) is 12.6 Å². The Morgan fingerprint density at radius 1 is 1.50 bits per heavy atom. The summed E-state index contributed by atoms with van der Waals surface area (Å²) < 4.78 is 0. The van der Waals surface area contributed by atoms with Crippen LogP contribution in [-0.2, 0) is 4.79 Å². The minimum atomic E-state index is -0.116. The van der Waals surface area contributed by atoms with Gasteiger partial charge in [0.2, 0.25) is 0 Å². The summed E-state index contributed by atoms with van der Waals surface area (Å²) in [5.74, 6) is -0.116. The first-order valence-corrected chi connectivity index (χ1v) is 4.40. The van der Waals surface area contributed by atoms with Gasteiger partial charge in [-0.25, -0.2) is 0 Å². The maximum atomic E-state index is 10.5. The molecule has 0 bridgehead atoms. The van der Waals surface area contributed by atoms with E-state index in [-0.39, 0.29) is 5.92 Å². The molecule has 0 aliphatic heterocycles. The minimum absolute atomic E-state index is 0.116. The predicted octanol–water partition coefficient (Wildman–Crippen LogP) is 2.93. The lowest BCUT2D eigenvalue weighted by molar-refractivity contribution is -0.108. The van der Waals surface area contributed by atoms with Crippen LogP contribution in [0, 0.1) is 0 Å². The Labute approximate surface area is 82.1 Å². The van der Waals surface area contributed by atoms with Crippen LogP contribution in [0.15, 0.2) is 23.1 Å². The maximum absolute atomic E-state index is 10.5. The summed E-state index contributed by atoms with van der Waals surface area (Å²) in [5, 5.41) is 0.617. The van der Waals surface area contributed by atoms with Gasteiger partial charge in [-0.05, 0) is 23.8 Å². The Bertz CT molecular complexity index is 278. The molecular formula is C9H9ClOS. The molecule has 1 aromatic carbocycles. The van der Waals surface area contributed by atoms with Crippen molar-refractivity contribution in [3.05, 3.63) is 28.8 Å². The van der Waals surface area contributed by atoms with Crippen LogP contribution >= 0.6 is 24.2 Å². The van der Waals surface area contributed by atoms with E-state index in [0.29, 0.717) is 5.02 Å². The number of rotatable bonds is 2. The maximum Gasteiger partial charge on any atom is 0.127 e. The van der Waals surface area contributed by atoms with Gasteiger partial charge in [0.05, 0.1) is 0 Å². The van der Waals surface area contributed by atoms with Gasteiger partial charge in [0, 0.05) is 15.8 Å². The van der Waals surface area contributed by atoms with Crippen molar-refractivity contribution in [1.82, 2.24) is 0 Å². The number of halogens is 1. The van der Waals surface area contributed by atoms with Crippen molar-refractivity contribution in [2.24, 2.45) is 0 Å². The second-order valence-corrected chi connectivity index (χ2v) is 3.62. The first kappa shape index (κ1) is 9.62. The van der Waals surface area contributed by atoms with Crippen molar-refractivity contribution in [2.45, 2.75) is 17.7 Å². The van der Waals surface area contributed by atoms with E-state index in [1.807, 2.05) is 13.0 Å². The number of hydrogen-bond donors (Lipinski definition) is 1. The summed E-state index contributed by atoms with van der Waals surface area (Å²) in [6.07, 6.45) is 0.888. The van der Waals surface area contributed by atoms with Crippen LogP contribution in [0.25, 0.3) is 0 Å². The van der Waals surface area contributed by atoms with E-state index in [9.17, 15) is 4.79 Å². The summed E-state index contributed by atoms with van der Waals surface area (Å²) in [6.45, 7) is 1.83. The zero-order valence-electron chi connectivity index (χ0n) is 6.62. The molecule has 0 aliphatic rings. The van der Waals surface area contributed by atoms with E-state index in [0.717, 1.165) is 16.7 Å². The molecule has 12 heavy (non-hydrogen) atoms. The third-order valence-electron chi connectivity index (χ3n) is 1.63. The molecule has 0 saturated heterocycles. The van der Waals surface area contributed by atoms with E-state index in [1.165, 1.54) is 0 Å². The van der Waals surface area contributed by atoms with Crippen LogP contribution in [0.5, 0.6) is 0 Å². The quantitative estimate of drug-likeness (QED) is 0.574. The fourth-order valence-electron chi connectivity index (χ4n) is 0.938. The molecular weight excluding hydrogens is 192 g/mol. The highest BCUT2D eigenvalue weighted by Gasteiger charge is 2.04. The molecule has 0 aromatic heterocycles. The van der Waals surface area contributed by atoms with E-state index < -0.39 is 0 Å². The van der Waals surface area contributed by atoms with Crippen LogP contribution in [0.1, 0.15) is 18.4 Å². The molecule has 0 saturated carbocycles. The van der Waals surface area contributed by atoms with Gasteiger partial charge < -0.3 is 4.79 Å². The van der Waals surface area contributed by atoms with Crippen LogP contribution in [0.3, 0.4) is 0 Å². The largest absolute Gasteiger partial charge is 0.303 e. The summed E-state index contributed by atoms with van der Waals surface area (Å²) in [6, 6.07) is 5.36. The second kappa shape index (κ2) is 3.97. The van der Waals surface area contributed by atoms with E-state index in [1.54, 1.807) is 12.1 Å². The third-order valence-corrected chi connectivity index (χ3v) is 2.11. The van der Waals surface area contributed by atoms with E-state index in [2.05, 4.69) is 12.6 Å². The number of aldehydes is 1. The zero-order chi connectivity index (χ0) is 9.14. The Kier molecular flexibility index (Phi) is 3.18. The van der Waals surface area contributed by atoms with Crippen molar-refractivity contribution in [1.29, 1.82) is 0 Å². The predicted molar refractivity (Wildman–Crippen MR) is 53.2 cm³/mol. The number of carbonyl (C=O) groups is 1. The van der Waals surface area contributed by atoms with Gasteiger partial charge in [0.1, 0.15) is 6.29 Å². The van der Waals surface area contributed by atoms with Gasteiger partial charge in [-0.1, -0.05) is 18.5 Å². The summed E-state index contributed by atoms with van der Waals surface area (Å²) >= 11 is 9.94. The monoisotopic (exact) mass is 200 g/mol. The van der Waals surface area contributed by atoms with Crippen molar-refractivity contribution in [3.63, 3.8) is 0 Å². The highest BCUT2D eigenvalue weighted by molar-refractivity contribution is 7.80. The molecule has 1 nitrogen and oxygen atoms in total. The second-order valence-electron chi connectivity index (χ2n) is 2.67. The van der Waals surface area contributed by atoms with Crippen molar-refractivity contribution in [2.75, 3.05) is 0 Å². The SMILES string of the molecule is CC(C=O)c1cc(S)cc(Cl)c1. The fourth-order valence-corrected chi connectivity index (χ4v) is 1.55. The normalized spacial score (nSPS) is 12.6. The molecule has 3 heteroatoms. The molecule has 0 aliphatic carbocycles. The molecule has 1 unspecified atom stereocenters. The Balaban J connectivity index is 3.08. The zero-order valence-corrected chi connectivity index (χ0v) is 8.27. The van der Waals surface area contributed by atoms with Crippen LogP contribution in [0.4, 0.5) is 0 Å². The molecule has 0 radical (unpaired) electrons. The number of carbonyl (C=O) groups excluding carboxylic acids is 1. The summed E-state index contributed by atoms with van der Waals surface area (Å²) in [4.78, 5) is 11.2. The molecule has 0 fully saturated rings. The smallest absolute Gasteiger partial charge is 0.127 e. The molecule has 0 spiro atoms. The first-order valence-electron chi connectivity index (χ1n) is 3.58. The third kappa shape index (κ3) is 2.26. The van der Waals surface area contributed by atoms with E-state index in [4.69, 9.17) is 11.6 Å². The number of hydrogen-bond acceptors (Lipinski definition) is 2. The molecule has 1 rings (SSSR count). The Hall–Kier alpha value is -0.470. The summed E-state index contributed by atoms with van der Waals surface area (Å²) in [5.41, 5.74) is 0.905. The average Bonchev–Trinajstić information content (AvgIpc) is 2.01. The Morgan fingerprint density at radius 3 is 2.67 bits per heavy atom. The molecule has 0 N–H and O–H groups in total. The van der Waals surface area contributed by atoms with Crippen LogP contribution in [-0.4, -0.2) is 6.29 Å². The van der Waals surface area contributed by atoms with Gasteiger partial charge in [-0.3, -0.25) is 0 Å². The molecule has 1 aromatic rings. The lowest BCUT2D eigenvalue weighted by atomic mass is 10.0. The highest BCUT2D eigenvalue weighted by Crippen LogP contribution is 2.22. The van der Waals surface area contributed by atoms with Crippen LogP contribution < -0.4 is 0 Å². The highest BCUT2D eigenvalue weighted by atomic mass is 35.5. The van der Waals surface area contributed by atoms with Crippen molar-refractivity contribution >= 4 is 30.5 Å². The van der Waals surface area contributed by atoms with E-state index >= 15 is 0 Å². The van der Waals surface area contributed by atoms with Gasteiger partial charge in [-0.2, -0.15) is 0 Å². The van der Waals surface area contributed by atoms with Crippen molar-refractivity contribution in [3.8, 4) is 0 Å². The molecule has 0 amide bonds. The Morgan fingerprint density at radius 2 is 2.17 bits per heavy atom. The van der Waals surface area contributed by atoms with Crippen LogP contribution in [0.2, 0.25) is 5.02 Å².